The number of alkyl carbamates (subject to hydrolysis) is 1. The number of rotatable bonds is 0. The molecule has 3 nitrogen and oxygen atoms in total. The molecule has 2 aliphatic rings. The third-order valence-electron chi connectivity index (χ3n) is 2.40. The zero-order valence-electron chi connectivity index (χ0n) is 6.95. The summed E-state index contributed by atoms with van der Waals surface area (Å²) in [5, 5.41) is 2.78. The van der Waals surface area contributed by atoms with Crippen molar-refractivity contribution in [2.24, 2.45) is 0 Å². The molecule has 1 amide bonds. The molecule has 0 aromatic heterocycles. The average Bonchev–Trinajstić information content (AvgIpc) is 2.32. The van der Waals surface area contributed by atoms with Gasteiger partial charge >= 0.3 is 6.09 Å². The highest BCUT2D eigenvalue weighted by atomic mass is 16.6. The molecule has 1 fully saturated rings. The van der Waals surface area contributed by atoms with E-state index in [1.807, 2.05) is 0 Å². The monoisotopic (exact) mass is 167 g/mol. The Kier molecular flexibility index (Phi) is 2.02. The largest absolute Gasteiger partial charge is 0.444 e. The van der Waals surface area contributed by atoms with E-state index in [1.165, 1.54) is 6.42 Å². The Morgan fingerprint density at radius 1 is 1.50 bits per heavy atom. The van der Waals surface area contributed by atoms with Crippen LogP contribution in [0.5, 0.6) is 0 Å². The summed E-state index contributed by atoms with van der Waals surface area (Å²) in [6.45, 7) is 0. The number of fused-ring (bicyclic) bond motifs is 1. The third kappa shape index (κ3) is 1.44. The van der Waals surface area contributed by atoms with Crippen LogP contribution in [0.25, 0.3) is 0 Å². The topological polar surface area (TPSA) is 38.3 Å². The van der Waals surface area contributed by atoms with Crippen LogP contribution in [0.1, 0.15) is 25.7 Å². The Hall–Kier alpha value is -0.990. The molecule has 1 aliphatic carbocycles. The molecule has 12 heavy (non-hydrogen) atoms. The lowest BCUT2D eigenvalue weighted by atomic mass is 10.0. The molecule has 2 rings (SSSR count). The number of hydrogen-bond acceptors (Lipinski definition) is 2. The van der Waals surface area contributed by atoms with Gasteiger partial charge in [0.05, 0.1) is 6.04 Å². The van der Waals surface area contributed by atoms with Crippen molar-refractivity contribution in [2.45, 2.75) is 37.8 Å². The van der Waals surface area contributed by atoms with Crippen molar-refractivity contribution in [2.75, 3.05) is 0 Å². The minimum atomic E-state index is -0.267. The Labute approximate surface area is 71.8 Å². The summed E-state index contributed by atoms with van der Waals surface area (Å²) >= 11 is 0. The van der Waals surface area contributed by atoms with E-state index in [2.05, 4.69) is 17.5 Å². The number of nitrogens with one attached hydrogen (secondary N) is 1. The molecule has 0 radical (unpaired) electrons. The van der Waals surface area contributed by atoms with Gasteiger partial charge in [0, 0.05) is 0 Å². The molecule has 1 aliphatic heterocycles. The summed E-state index contributed by atoms with van der Waals surface area (Å²) in [5.41, 5.74) is 0. The second-order valence-electron chi connectivity index (χ2n) is 3.33. The maximum atomic E-state index is 10.9. The molecule has 2 atom stereocenters. The first-order chi connectivity index (χ1) is 5.86. The molecule has 0 aromatic rings. The fourth-order valence-corrected chi connectivity index (χ4v) is 1.73. The number of hydrogen-bond donors (Lipinski definition) is 1. The van der Waals surface area contributed by atoms with Gasteiger partial charge in [0.15, 0.2) is 0 Å². The molecular formula is C9H13NO2. The second-order valence-corrected chi connectivity index (χ2v) is 3.33. The fraction of sp³-hybridized carbons (Fsp3) is 0.667. The summed E-state index contributed by atoms with van der Waals surface area (Å²) in [5.74, 6) is 0. The fourth-order valence-electron chi connectivity index (χ4n) is 1.73. The van der Waals surface area contributed by atoms with Crippen molar-refractivity contribution < 1.29 is 9.53 Å². The number of carbonyl (C=O) groups excluding carboxylic acids is 1. The second kappa shape index (κ2) is 3.17. The Morgan fingerprint density at radius 2 is 2.42 bits per heavy atom. The number of carbonyl (C=O) groups is 1. The molecule has 0 bridgehead atoms. The third-order valence-corrected chi connectivity index (χ3v) is 2.40. The maximum Gasteiger partial charge on any atom is 0.408 e. The van der Waals surface area contributed by atoms with Gasteiger partial charge in [-0.05, 0) is 25.7 Å². The van der Waals surface area contributed by atoms with Crippen LogP contribution < -0.4 is 5.32 Å². The SMILES string of the molecule is O=C1NC2C=CCCCCC2O1. The normalized spacial score (nSPS) is 34.5. The zero-order valence-corrected chi connectivity index (χ0v) is 6.95. The van der Waals surface area contributed by atoms with E-state index in [9.17, 15) is 4.79 Å². The van der Waals surface area contributed by atoms with Gasteiger partial charge in [0.1, 0.15) is 6.10 Å². The first-order valence-corrected chi connectivity index (χ1v) is 4.50. The highest BCUT2D eigenvalue weighted by molar-refractivity contribution is 5.70. The summed E-state index contributed by atoms with van der Waals surface area (Å²) in [6, 6.07) is 0.123. The quantitative estimate of drug-likeness (QED) is 0.556. The molecule has 0 aromatic carbocycles. The lowest BCUT2D eigenvalue weighted by Gasteiger charge is -2.15. The molecule has 0 spiro atoms. The van der Waals surface area contributed by atoms with Gasteiger partial charge in [-0.1, -0.05) is 12.2 Å². The molecule has 1 saturated heterocycles. The molecule has 1 N–H and O–H groups in total. The highest BCUT2D eigenvalue weighted by Crippen LogP contribution is 2.19. The van der Waals surface area contributed by atoms with Crippen molar-refractivity contribution in [3.05, 3.63) is 12.2 Å². The van der Waals surface area contributed by atoms with Crippen molar-refractivity contribution >= 4 is 6.09 Å². The highest BCUT2D eigenvalue weighted by Gasteiger charge is 2.31. The van der Waals surface area contributed by atoms with Crippen LogP contribution in [-0.4, -0.2) is 18.2 Å². The molecular weight excluding hydrogens is 154 g/mol. The van der Waals surface area contributed by atoms with E-state index in [-0.39, 0.29) is 18.2 Å². The van der Waals surface area contributed by atoms with Gasteiger partial charge in [0.2, 0.25) is 0 Å². The van der Waals surface area contributed by atoms with Crippen LogP contribution in [0.2, 0.25) is 0 Å². The van der Waals surface area contributed by atoms with Crippen LogP contribution in [0, 0.1) is 0 Å². The Bertz CT molecular complexity index is 213. The molecule has 3 heteroatoms. The molecule has 2 unspecified atom stereocenters. The van der Waals surface area contributed by atoms with E-state index >= 15 is 0 Å². The van der Waals surface area contributed by atoms with Crippen LogP contribution in [0.3, 0.4) is 0 Å². The number of amides is 1. The molecule has 1 heterocycles. The first kappa shape index (κ1) is 7.65. The van der Waals surface area contributed by atoms with Gasteiger partial charge in [-0.2, -0.15) is 0 Å². The van der Waals surface area contributed by atoms with Gasteiger partial charge in [-0.25, -0.2) is 4.79 Å². The Balaban J connectivity index is 2.07. The first-order valence-electron chi connectivity index (χ1n) is 4.50. The standard InChI is InChI=1S/C9H13NO2/c11-9-10-7-5-3-1-2-4-6-8(7)12-9/h3,5,7-8H,1-2,4,6H2,(H,10,11). The summed E-state index contributed by atoms with van der Waals surface area (Å²) in [7, 11) is 0. The molecule has 66 valence electrons. The average molecular weight is 167 g/mol. The number of ether oxygens (including phenoxy) is 1. The minimum absolute atomic E-state index is 0.0778. The van der Waals surface area contributed by atoms with Crippen LogP contribution in [0.4, 0.5) is 4.79 Å². The smallest absolute Gasteiger partial charge is 0.408 e. The molecule has 0 saturated carbocycles. The van der Waals surface area contributed by atoms with Crippen molar-refractivity contribution in [1.29, 1.82) is 0 Å². The van der Waals surface area contributed by atoms with Crippen LogP contribution in [-0.2, 0) is 4.74 Å². The Morgan fingerprint density at radius 3 is 3.33 bits per heavy atom. The van der Waals surface area contributed by atoms with E-state index in [0.717, 1.165) is 19.3 Å². The van der Waals surface area contributed by atoms with Gasteiger partial charge in [-0.3, -0.25) is 0 Å². The summed E-state index contributed by atoms with van der Waals surface area (Å²) < 4.78 is 5.10. The lowest BCUT2D eigenvalue weighted by Crippen LogP contribution is -2.29. The van der Waals surface area contributed by atoms with E-state index in [4.69, 9.17) is 4.74 Å². The predicted molar refractivity (Wildman–Crippen MR) is 44.8 cm³/mol. The van der Waals surface area contributed by atoms with Crippen molar-refractivity contribution in [3.63, 3.8) is 0 Å². The van der Waals surface area contributed by atoms with Crippen LogP contribution >= 0.6 is 0 Å². The van der Waals surface area contributed by atoms with E-state index < -0.39 is 0 Å². The zero-order chi connectivity index (χ0) is 8.39. The van der Waals surface area contributed by atoms with E-state index in [1.54, 1.807) is 0 Å². The van der Waals surface area contributed by atoms with Gasteiger partial charge < -0.3 is 10.1 Å². The number of allylic oxidation sites excluding steroid dienone is 1. The van der Waals surface area contributed by atoms with Crippen molar-refractivity contribution in [3.8, 4) is 0 Å². The lowest BCUT2D eigenvalue weighted by molar-refractivity contribution is 0.128. The van der Waals surface area contributed by atoms with Gasteiger partial charge in [-0.15, -0.1) is 0 Å². The predicted octanol–water partition coefficient (Wildman–Crippen LogP) is 1.59. The van der Waals surface area contributed by atoms with Gasteiger partial charge in [0.25, 0.3) is 0 Å². The van der Waals surface area contributed by atoms with E-state index in [0.29, 0.717) is 0 Å². The minimum Gasteiger partial charge on any atom is -0.444 e. The van der Waals surface area contributed by atoms with Crippen molar-refractivity contribution in [1.82, 2.24) is 5.32 Å². The van der Waals surface area contributed by atoms with Crippen LogP contribution in [0.15, 0.2) is 12.2 Å². The summed E-state index contributed by atoms with van der Waals surface area (Å²) in [4.78, 5) is 10.9. The summed E-state index contributed by atoms with van der Waals surface area (Å²) in [6.07, 6.45) is 8.47. The maximum absolute atomic E-state index is 10.9.